The van der Waals surface area contributed by atoms with Crippen LogP contribution in [0.3, 0.4) is 0 Å². The van der Waals surface area contributed by atoms with Crippen LogP contribution in [0.25, 0.3) is 0 Å². The number of aryl methyl sites for hydroxylation is 1. The molecule has 96 valence electrons. The number of rotatable bonds is 6. The van der Waals surface area contributed by atoms with Crippen molar-refractivity contribution in [3.63, 3.8) is 0 Å². The van der Waals surface area contributed by atoms with Crippen LogP contribution in [0.2, 0.25) is 0 Å². The van der Waals surface area contributed by atoms with Crippen molar-refractivity contribution < 1.29 is 15.3 Å². The van der Waals surface area contributed by atoms with Gasteiger partial charge < -0.3 is 20.6 Å². The van der Waals surface area contributed by atoms with E-state index in [2.05, 4.69) is 5.32 Å². The van der Waals surface area contributed by atoms with Crippen LogP contribution in [0.1, 0.15) is 24.5 Å². The van der Waals surface area contributed by atoms with Gasteiger partial charge in [-0.1, -0.05) is 25.1 Å². The maximum absolute atomic E-state index is 9.85. The van der Waals surface area contributed by atoms with E-state index in [0.717, 1.165) is 11.1 Å². The van der Waals surface area contributed by atoms with Crippen LogP contribution in [0.4, 0.5) is 0 Å². The van der Waals surface area contributed by atoms with Gasteiger partial charge in [-0.15, -0.1) is 0 Å². The van der Waals surface area contributed by atoms with Gasteiger partial charge in [-0.2, -0.15) is 0 Å². The van der Waals surface area contributed by atoms with Crippen LogP contribution in [0.5, 0.6) is 5.75 Å². The molecule has 0 amide bonds. The van der Waals surface area contributed by atoms with E-state index in [-0.39, 0.29) is 19.0 Å². The van der Waals surface area contributed by atoms with Gasteiger partial charge in [-0.05, 0) is 18.9 Å². The first-order valence-corrected chi connectivity index (χ1v) is 5.82. The third-order valence-electron chi connectivity index (χ3n) is 3.26. The van der Waals surface area contributed by atoms with Crippen molar-refractivity contribution >= 4 is 0 Å². The van der Waals surface area contributed by atoms with Crippen molar-refractivity contribution in [3.8, 4) is 5.75 Å². The molecular weight excluding hydrogens is 218 g/mol. The van der Waals surface area contributed by atoms with E-state index >= 15 is 0 Å². The van der Waals surface area contributed by atoms with Crippen molar-refractivity contribution in [2.24, 2.45) is 0 Å². The normalized spacial score (nSPS) is 11.8. The first-order chi connectivity index (χ1) is 8.08. The van der Waals surface area contributed by atoms with Gasteiger partial charge in [-0.3, -0.25) is 0 Å². The molecule has 1 rings (SSSR count). The summed E-state index contributed by atoms with van der Waals surface area (Å²) in [5.41, 5.74) is 0.903. The van der Waals surface area contributed by atoms with E-state index < -0.39 is 5.54 Å². The van der Waals surface area contributed by atoms with Crippen LogP contribution < -0.4 is 5.32 Å². The molecule has 0 saturated heterocycles. The van der Waals surface area contributed by atoms with Gasteiger partial charge in [0.05, 0.1) is 18.8 Å². The number of aliphatic hydroxyl groups is 2. The number of phenols is 1. The minimum atomic E-state index is -0.684. The zero-order chi connectivity index (χ0) is 12.9. The molecule has 0 saturated carbocycles. The number of hydrogen-bond donors (Lipinski definition) is 4. The van der Waals surface area contributed by atoms with Gasteiger partial charge in [-0.25, -0.2) is 0 Å². The summed E-state index contributed by atoms with van der Waals surface area (Å²) in [5, 5.41) is 31.5. The molecule has 1 aromatic rings. The smallest absolute Gasteiger partial charge is 0.122 e. The van der Waals surface area contributed by atoms with Crippen LogP contribution in [0, 0.1) is 6.92 Å². The molecule has 0 atom stereocenters. The van der Waals surface area contributed by atoms with E-state index in [9.17, 15) is 15.3 Å². The Morgan fingerprint density at radius 2 is 1.88 bits per heavy atom. The predicted octanol–water partition coefficient (Wildman–Crippen LogP) is 0.924. The predicted molar refractivity (Wildman–Crippen MR) is 66.9 cm³/mol. The number of nitrogens with one attached hydrogen (secondary N) is 1. The lowest BCUT2D eigenvalue weighted by Crippen LogP contribution is -2.50. The van der Waals surface area contributed by atoms with Gasteiger partial charge in [0.1, 0.15) is 5.75 Å². The highest BCUT2D eigenvalue weighted by atomic mass is 16.3. The fourth-order valence-corrected chi connectivity index (χ4v) is 1.66. The first-order valence-electron chi connectivity index (χ1n) is 5.82. The van der Waals surface area contributed by atoms with E-state index in [0.29, 0.717) is 13.0 Å². The summed E-state index contributed by atoms with van der Waals surface area (Å²) in [5.74, 6) is 0.265. The molecule has 0 aliphatic carbocycles. The Labute approximate surface area is 102 Å². The lowest BCUT2D eigenvalue weighted by atomic mass is 9.97. The topological polar surface area (TPSA) is 72.7 Å². The first kappa shape index (κ1) is 14.0. The van der Waals surface area contributed by atoms with Crippen molar-refractivity contribution in [1.82, 2.24) is 5.32 Å². The number of aliphatic hydroxyl groups excluding tert-OH is 2. The fraction of sp³-hybridized carbons (Fsp3) is 0.538. The highest BCUT2D eigenvalue weighted by Gasteiger charge is 2.25. The van der Waals surface area contributed by atoms with Gasteiger partial charge in [0, 0.05) is 12.1 Å². The molecule has 0 spiro atoms. The second-order valence-electron chi connectivity index (χ2n) is 4.39. The minimum Gasteiger partial charge on any atom is -0.507 e. The number of hydrogen-bond acceptors (Lipinski definition) is 4. The van der Waals surface area contributed by atoms with E-state index in [1.54, 1.807) is 0 Å². The van der Waals surface area contributed by atoms with Crippen LogP contribution in [0.15, 0.2) is 18.2 Å². The van der Waals surface area contributed by atoms with Crippen LogP contribution >= 0.6 is 0 Å². The summed E-state index contributed by atoms with van der Waals surface area (Å²) in [6.07, 6.45) is 0.618. The molecule has 1 aromatic carbocycles. The second kappa shape index (κ2) is 6.00. The Morgan fingerprint density at radius 1 is 1.24 bits per heavy atom. The quantitative estimate of drug-likeness (QED) is 0.596. The fourth-order valence-electron chi connectivity index (χ4n) is 1.66. The lowest BCUT2D eigenvalue weighted by Gasteiger charge is -2.30. The molecule has 0 bridgehead atoms. The standard InChI is InChI=1S/C13H21NO3/c1-3-13(8-15,9-16)14-7-11-6-4-5-10(2)12(11)17/h4-6,14-17H,3,7-9H2,1-2H3. The zero-order valence-electron chi connectivity index (χ0n) is 10.4. The van der Waals surface area contributed by atoms with Crippen molar-refractivity contribution in [2.75, 3.05) is 13.2 Å². The van der Waals surface area contributed by atoms with Crippen molar-refractivity contribution in [2.45, 2.75) is 32.4 Å². The molecule has 17 heavy (non-hydrogen) atoms. The van der Waals surface area contributed by atoms with Crippen LogP contribution in [-0.4, -0.2) is 34.1 Å². The number of para-hydroxylation sites is 1. The van der Waals surface area contributed by atoms with E-state index in [1.165, 1.54) is 0 Å². The lowest BCUT2D eigenvalue weighted by molar-refractivity contribution is 0.0862. The highest BCUT2D eigenvalue weighted by Crippen LogP contribution is 2.22. The molecular formula is C13H21NO3. The Bertz CT molecular complexity index is 353. The number of benzene rings is 1. The molecule has 0 radical (unpaired) electrons. The average Bonchev–Trinajstić information content (AvgIpc) is 2.36. The summed E-state index contributed by atoms with van der Waals surface area (Å²) in [4.78, 5) is 0. The zero-order valence-corrected chi connectivity index (χ0v) is 10.4. The second-order valence-corrected chi connectivity index (χ2v) is 4.39. The van der Waals surface area contributed by atoms with Gasteiger partial charge in [0.25, 0.3) is 0 Å². The summed E-state index contributed by atoms with van der Waals surface area (Å²) in [6.45, 7) is 3.89. The highest BCUT2D eigenvalue weighted by molar-refractivity contribution is 5.39. The third kappa shape index (κ3) is 3.19. The summed E-state index contributed by atoms with van der Waals surface area (Å²) in [6, 6.07) is 5.53. The summed E-state index contributed by atoms with van der Waals surface area (Å²) >= 11 is 0. The number of aromatic hydroxyl groups is 1. The molecule has 0 unspecified atom stereocenters. The van der Waals surface area contributed by atoms with Crippen molar-refractivity contribution in [1.29, 1.82) is 0 Å². The molecule has 0 aromatic heterocycles. The van der Waals surface area contributed by atoms with Gasteiger partial charge in [0.15, 0.2) is 0 Å². The Balaban J connectivity index is 2.75. The van der Waals surface area contributed by atoms with Crippen LogP contribution in [-0.2, 0) is 6.54 Å². The molecule has 0 fully saturated rings. The molecule has 4 N–H and O–H groups in total. The van der Waals surface area contributed by atoms with E-state index in [1.807, 2.05) is 32.0 Å². The maximum Gasteiger partial charge on any atom is 0.122 e. The van der Waals surface area contributed by atoms with Gasteiger partial charge in [0.2, 0.25) is 0 Å². The van der Waals surface area contributed by atoms with Crippen molar-refractivity contribution in [3.05, 3.63) is 29.3 Å². The molecule has 0 heterocycles. The average molecular weight is 239 g/mol. The molecule has 4 heteroatoms. The summed E-state index contributed by atoms with van der Waals surface area (Å²) in [7, 11) is 0. The Morgan fingerprint density at radius 3 is 2.41 bits per heavy atom. The van der Waals surface area contributed by atoms with E-state index in [4.69, 9.17) is 0 Å². The SMILES string of the molecule is CCC(CO)(CO)NCc1cccc(C)c1O. The summed E-state index contributed by atoms with van der Waals surface area (Å²) < 4.78 is 0. The Kier molecular flexibility index (Phi) is 4.93. The monoisotopic (exact) mass is 239 g/mol. The minimum absolute atomic E-state index is 0.132. The molecule has 0 aliphatic heterocycles. The largest absolute Gasteiger partial charge is 0.507 e. The third-order valence-corrected chi connectivity index (χ3v) is 3.26. The van der Waals surface area contributed by atoms with Gasteiger partial charge >= 0.3 is 0 Å². The number of phenolic OH excluding ortho intramolecular Hbond substituents is 1. The molecule has 0 aliphatic rings. The maximum atomic E-state index is 9.85. The Hall–Kier alpha value is -1.10. The molecule has 4 nitrogen and oxygen atoms in total.